The van der Waals surface area contributed by atoms with Crippen LogP contribution < -0.4 is 0 Å². The van der Waals surface area contributed by atoms with Crippen LogP contribution in [0.5, 0.6) is 0 Å². The molecule has 0 aliphatic heterocycles. The maximum Gasteiger partial charge on any atom is 0.0465 e. The summed E-state index contributed by atoms with van der Waals surface area (Å²) in [4.78, 5) is 3.56. The van der Waals surface area contributed by atoms with Crippen molar-refractivity contribution < 1.29 is 0 Å². The van der Waals surface area contributed by atoms with Crippen molar-refractivity contribution in [2.45, 2.75) is 0 Å². The average molecular weight is 444 g/mol. The molecule has 0 amide bonds. The second-order valence-corrected chi connectivity index (χ2v) is 9.45. The van der Waals surface area contributed by atoms with Crippen LogP contribution in [0, 0.1) is 0 Å². The molecule has 0 saturated heterocycles. The Bertz CT molecular complexity index is 2040. The van der Waals surface area contributed by atoms with E-state index in [9.17, 15) is 0 Å². The molecular formula is C34H21N. The van der Waals surface area contributed by atoms with E-state index in [1.54, 1.807) is 0 Å². The molecule has 0 aliphatic rings. The first kappa shape index (κ1) is 18.8. The molecular weight excluding hydrogens is 422 g/mol. The van der Waals surface area contributed by atoms with Crippen LogP contribution in [0.1, 0.15) is 0 Å². The molecule has 8 aromatic rings. The van der Waals surface area contributed by atoms with Crippen LogP contribution in [0.15, 0.2) is 121 Å². The summed E-state index contributed by atoms with van der Waals surface area (Å²) < 4.78 is 0. The van der Waals surface area contributed by atoms with Gasteiger partial charge in [-0.05, 0) is 72.8 Å². The number of fused-ring (bicyclic) bond motifs is 3. The fourth-order valence-corrected chi connectivity index (χ4v) is 5.94. The standard InChI is InChI=1S/C34H21N/c1-2-6-21(7-3-1)25-15-12-22-10-11-23-13-16-26(29-18-17-28(25)33(22)34(23)29)24-14-19-32-30(20-24)27-8-4-5-9-31(27)35-32/h1-20,35H. The maximum atomic E-state index is 3.56. The highest BCUT2D eigenvalue weighted by Gasteiger charge is 2.15. The van der Waals surface area contributed by atoms with E-state index in [-0.39, 0.29) is 0 Å². The third kappa shape index (κ3) is 2.64. The summed E-state index contributed by atoms with van der Waals surface area (Å²) in [5.41, 5.74) is 7.45. The van der Waals surface area contributed by atoms with Crippen molar-refractivity contribution in [3.05, 3.63) is 121 Å². The molecule has 1 heteroatoms. The largest absolute Gasteiger partial charge is 0.355 e. The quantitative estimate of drug-likeness (QED) is 0.256. The van der Waals surface area contributed by atoms with Crippen molar-refractivity contribution in [2.75, 3.05) is 0 Å². The summed E-state index contributed by atoms with van der Waals surface area (Å²) in [5.74, 6) is 0. The summed E-state index contributed by atoms with van der Waals surface area (Å²) in [5, 5.41) is 10.5. The van der Waals surface area contributed by atoms with Gasteiger partial charge in [-0.2, -0.15) is 0 Å². The topological polar surface area (TPSA) is 15.8 Å². The second-order valence-electron chi connectivity index (χ2n) is 9.45. The van der Waals surface area contributed by atoms with Crippen molar-refractivity contribution in [2.24, 2.45) is 0 Å². The smallest absolute Gasteiger partial charge is 0.0465 e. The Morgan fingerprint density at radius 3 is 1.71 bits per heavy atom. The molecule has 7 aromatic carbocycles. The highest BCUT2D eigenvalue weighted by atomic mass is 14.7. The Balaban J connectivity index is 1.44. The third-order valence-electron chi connectivity index (χ3n) is 7.57. The van der Waals surface area contributed by atoms with Crippen molar-refractivity contribution >= 4 is 54.1 Å². The molecule has 35 heavy (non-hydrogen) atoms. The monoisotopic (exact) mass is 443 g/mol. The van der Waals surface area contributed by atoms with Gasteiger partial charge in [-0.3, -0.25) is 0 Å². The van der Waals surface area contributed by atoms with Gasteiger partial charge in [-0.25, -0.2) is 0 Å². The lowest BCUT2D eigenvalue weighted by Gasteiger charge is -2.16. The zero-order chi connectivity index (χ0) is 22.9. The number of hydrogen-bond donors (Lipinski definition) is 1. The second kappa shape index (κ2) is 6.94. The number of benzene rings is 7. The number of H-pyrrole nitrogens is 1. The van der Waals surface area contributed by atoms with Gasteiger partial charge in [0.25, 0.3) is 0 Å². The lowest BCUT2D eigenvalue weighted by molar-refractivity contribution is 1.55. The molecule has 162 valence electrons. The molecule has 0 atom stereocenters. The van der Waals surface area contributed by atoms with Crippen LogP contribution in [0.3, 0.4) is 0 Å². The summed E-state index contributed by atoms with van der Waals surface area (Å²) in [6.07, 6.45) is 0. The molecule has 0 radical (unpaired) electrons. The Labute approximate surface area is 202 Å². The Kier molecular flexibility index (Phi) is 3.72. The van der Waals surface area contributed by atoms with Crippen LogP contribution in [-0.2, 0) is 0 Å². The van der Waals surface area contributed by atoms with Gasteiger partial charge in [0.05, 0.1) is 0 Å². The fraction of sp³-hybridized carbons (Fsp3) is 0. The van der Waals surface area contributed by atoms with Gasteiger partial charge in [0.1, 0.15) is 0 Å². The summed E-state index contributed by atoms with van der Waals surface area (Å²) in [7, 11) is 0. The number of para-hydroxylation sites is 1. The lowest BCUT2D eigenvalue weighted by atomic mass is 9.87. The first-order valence-corrected chi connectivity index (χ1v) is 12.1. The Morgan fingerprint density at radius 2 is 0.971 bits per heavy atom. The van der Waals surface area contributed by atoms with E-state index in [4.69, 9.17) is 0 Å². The van der Waals surface area contributed by atoms with Crippen molar-refractivity contribution in [1.29, 1.82) is 0 Å². The third-order valence-corrected chi connectivity index (χ3v) is 7.57. The van der Waals surface area contributed by atoms with E-state index >= 15 is 0 Å². The number of aromatic nitrogens is 1. The minimum Gasteiger partial charge on any atom is -0.355 e. The minimum absolute atomic E-state index is 1.18. The fourth-order valence-electron chi connectivity index (χ4n) is 5.94. The van der Waals surface area contributed by atoms with Gasteiger partial charge in [-0.1, -0.05) is 103 Å². The number of nitrogens with one attached hydrogen (secondary N) is 1. The average Bonchev–Trinajstić information content (AvgIpc) is 3.30. The first-order valence-electron chi connectivity index (χ1n) is 12.1. The van der Waals surface area contributed by atoms with Crippen LogP contribution in [0.4, 0.5) is 0 Å². The molecule has 1 nitrogen and oxygen atoms in total. The van der Waals surface area contributed by atoms with E-state index in [1.807, 2.05) is 0 Å². The van der Waals surface area contributed by atoms with E-state index in [0.29, 0.717) is 0 Å². The maximum absolute atomic E-state index is 3.56. The highest BCUT2D eigenvalue weighted by Crippen LogP contribution is 2.42. The summed E-state index contributed by atoms with van der Waals surface area (Å²) in [6, 6.07) is 44.4. The molecule has 1 aromatic heterocycles. The molecule has 0 unspecified atom stereocenters. The van der Waals surface area contributed by atoms with Crippen molar-refractivity contribution in [3.8, 4) is 22.3 Å². The van der Waals surface area contributed by atoms with E-state index in [2.05, 4.69) is 126 Å². The number of hydrogen-bond acceptors (Lipinski definition) is 0. The normalized spacial score (nSPS) is 12.0. The minimum atomic E-state index is 1.18. The van der Waals surface area contributed by atoms with E-state index < -0.39 is 0 Å². The molecule has 0 aliphatic carbocycles. The predicted molar refractivity (Wildman–Crippen MR) is 150 cm³/mol. The molecule has 8 rings (SSSR count). The van der Waals surface area contributed by atoms with Crippen LogP contribution in [-0.4, -0.2) is 4.98 Å². The highest BCUT2D eigenvalue weighted by molar-refractivity contribution is 6.27. The zero-order valence-electron chi connectivity index (χ0n) is 19.0. The summed E-state index contributed by atoms with van der Waals surface area (Å²) in [6.45, 7) is 0. The zero-order valence-corrected chi connectivity index (χ0v) is 19.0. The van der Waals surface area contributed by atoms with Gasteiger partial charge in [-0.15, -0.1) is 0 Å². The van der Waals surface area contributed by atoms with Gasteiger partial charge in [0.15, 0.2) is 0 Å². The van der Waals surface area contributed by atoms with Gasteiger partial charge in [0.2, 0.25) is 0 Å². The van der Waals surface area contributed by atoms with Crippen LogP contribution in [0.2, 0.25) is 0 Å². The molecule has 0 spiro atoms. The van der Waals surface area contributed by atoms with E-state index in [1.165, 1.54) is 76.4 Å². The predicted octanol–water partition coefficient (Wildman–Crippen LogP) is 9.55. The van der Waals surface area contributed by atoms with Gasteiger partial charge < -0.3 is 4.98 Å². The Hall–Kier alpha value is -4.62. The van der Waals surface area contributed by atoms with Crippen molar-refractivity contribution in [1.82, 2.24) is 4.98 Å². The van der Waals surface area contributed by atoms with Crippen molar-refractivity contribution in [3.63, 3.8) is 0 Å². The first-order chi connectivity index (χ1) is 17.3. The molecule has 0 saturated carbocycles. The van der Waals surface area contributed by atoms with Gasteiger partial charge >= 0.3 is 0 Å². The van der Waals surface area contributed by atoms with Gasteiger partial charge in [0, 0.05) is 21.8 Å². The molecule has 1 N–H and O–H groups in total. The Morgan fingerprint density at radius 1 is 0.371 bits per heavy atom. The van der Waals surface area contributed by atoms with E-state index in [0.717, 1.165) is 0 Å². The SMILES string of the molecule is c1ccc(-c2ccc3ccc4ccc(-c5ccc6[nH]c7ccccc7c6c5)c5ccc2c3c45)cc1. The molecule has 1 heterocycles. The van der Waals surface area contributed by atoms with Crippen LogP contribution in [0.25, 0.3) is 76.4 Å². The van der Waals surface area contributed by atoms with Crippen LogP contribution >= 0.6 is 0 Å². The molecule has 0 bridgehead atoms. The summed E-state index contributed by atoms with van der Waals surface area (Å²) >= 11 is 0. The number of rotatable bonds is 2. The number of aromatic amines is 1. The lowest BCUT2D eigenvalue weighted by Crippen LogP contribution is -1.89. The molecule has 0 fully saturated rings.